The fourth-order valence-electron chi connectivity index (χ4n) is 5.60. The van der Waals surface area contributed by atoms with Crippen molar-refractivity contribution in [3.63, 3.8) is 0 Å². The number of benzene rings is 1. The van der Waals surface area contributed by atoms with Gasteiger partial charge in [-0.1, -0.05) is 120 Å². The lowest BCUT2D eigenvalue weighted by Gasteiger charge is -2.31. The van der Waals surface area contributed by atoms with E-state index in [4.69, 9.17) is 9.47 Å². The van der Waals surface area contributed by atoms with Crippen molar-refractivity contribution < 1.29 is 9.47 Å². The summed E-state index contributed by atoms with van der Waals surface area (Å²) >= 11 is 0. The topological polar surface area (TPSA) is 18.5 Å². The summed E-state index contributed by atoms with van der Waals surface area (Å²) < 4.78 is 12.7. The summed E-state index contributed by atoms with van der Waals surface area (Å²) in [6, 6.07) is 8.75. The molecule has 2 nitrogen and oxygen atoms in total. The SMILES string of the molecule is CCCC(C)CC(C)(C)C.CCCC(CC)c1ccc(OC(CC(C)(C)C)OC2CCCCC2)cc1. The fraction of sp³-hybridized carbons (Fsp3) is 0.824. The van der Waals surface area contributed by atoms with Crippen LogP contribution in [0.15, 0.2) is 24.3 Å². The van der Waals surface area contributed by atoms with Gasteiger partial charge >= 0.3 is 0 Å². The van der Waals surface area contributed by atoms with E-state index in [-0.39, 0.29) is 11.7 Å². The highest BCUT2D eigenvalue weighted by atomic mass is 16.7. The van der Waals surface area contributed by atoms with Crippen LogP contribution in [0.3, 0.4) is 0 Å². The molecule has 1 aromatic carbocycles. The minimum absolute atomic E-state index is 0.151. The molecule has 0 aromatic heterocycles. The van der Waals surface area contributed by atoms with Crippen LogP contribution in [0.2, 0.25) is 0 Å². The van der Waals surface area contributed by atoms with Gasteiger partial charge in [0.1, 0.15) is 5.75 Å². The average Bonchev–Trinajstić information content (AvgIpc) is 2.77. The molecule has 1 saturated carbocycles. The normalized spacial score (nSPS) is 17.6. The van der Waals surface area contributed by atoms with Crippen LogP contribution in [0.4, 0.5) is 0 Å². The molecule has 0 aliphatic heterocycles. The molecule has 1 fully saturated rings. The van der Waals surface area contributed by atoms with Gasteiger partial charge in [-0.15, -0.1) is 0 Å². The van der Waals surface area contributed by atoms with E-state index in [9.17, 15) is 0 Å². The Morgan fingerprint density at radius 1 is 0.778 bits per heavy atom. The molecule has 2 heteroatoms. The first-order valence-electron chi connectivity index (χ1n) is 15.3. The van der Waals surface area contributed by atoms with Crippen LogP contribution in [-0.2, 0) is 4.74 Å². The summed E-state index contributed by atoms with van der Waals surface area (Å²) in [6.45, 7) is 22.9. The van der Waals surface area contributed by atoms with Crippen LogP contribution >= 0.6 is 0 Å². The molecule has 0 radical (unpaired) electrons. The second-order valence-electron chi connectivity index (χ2n) is 13.8. The number of hydrogen-bond acceptors (Lipinski definition) is 2. The van der Waals surface area contributed by atoms with E-state index in [1.54, 1.807) is 0 Å². The van der Waals surface area contributed by atoms with Crippen molar-refractivity contribution in [2.24, 2.45) is 16.7 Å². The molecule has 3 atom stereocenters. The minimum atomic E-state index is -0.151. The molecule has 3 unspecified atom stereocenters. The molecule has 2 rings (SSSR count). The molecule has 1 aliphatic rings. The molecule has 1 aromatic rings. The monoisotopic (exact) mass is 502 g/mol. The standard InChI is InChI=1S/C24H40O2.C10H22/c1-6-11-19(7-2)20-14-16-22(17-15-20)26-23(18-24(3,4)5)25-21-12-9-8-10-13-21;1-6-7-9(2)8-10(3,4)5/h14-17,19,21,23H,6-13,18H2,1-5H3;9H,6-8H2,1-5H3. The largest absolute Gasteiger partial charge is 0.465 e. The van der Waals surface area contributed by atoms with Gasteiger partial charge in [-0.2, -0.15) is 0 Å². The lowest BCUT2D eigenvalue weighted by molar-refractivity contribution is -0.142. The van der Waals surface area contributed by atoms with E-state index in [0.29, 0.717) is 17.4 Å². The van der Waals surface area contributed by atoms with Crippen molar-refractivity contribution in [1.29, 1.82) is 0 Å². The van der Waals surface area contributed by atoms with Crippen molar-refractivity contribution in [3.8, 4) is 5.75 Å². The van der Waals surface area contributed by atoms with Gasteiger partial charge in [0.25, 0.3) is 0 Å². The predicted molar refractivity (Wildman–Crippen MR) is 159 cm³/mol. The van der Waals surface area contributed by atoms with Crippen molar-refractivity contribution in [3.05, 3.63) is 29.8 Å². The third-order valence-electron chi connectivity index (χ3n) is 7.17. The zero-order chi connectivity index (χ0) is 27.2. The Morgan fingerprint density at radius 2 is 1.33 bits per heavy atom. The maximum atomic E-state index is 6.39. The molecular formula is C34H62O2. The summed E-state index contributed by atoms with van der Waals surface area (Å²) in [5.41, 5.74) is 2.14. The Balaban J connectivity index is 0.000000548. The summed E-state index contributed by atoms with van der Waals surface area (Å²) in [5, 5.41) is 0. The molecule has 0 spiro atoms. The molecule has 1 aliphatic carbocycles. The van der Waals surface area contributed by atoms with Gasteiger partial charge < -0.3 is 9.47 Å². The van der Waals surface area contributed by atoms with Crippen LogP contribution in [0.25, 0.3) is 0 Å². The summed E-state index contributed by atoms with van der Waals surface area (Å²) in [6.07, 6.45) is 15.2. The van der Waals surface area contributed by atoms with E-state index in [2.05, 4.69) is 93.5 Å². The highest BCUT2D eigenvalue weighted by Gasteiger charge is 2.25. The van der Waals surface area contributed by atoms with Gasteiger partial charge in [-0.25, -0.2) is 0 Å². The van der Waals surface area contributed by atoms with Gasteiger partial charge in [-0.05, 0) is 72.5 Å². The van der Waals surface area contributed by atoms with E-state index in [1.165, 1.54) is 76.2 Å². The van der Waals surface area contributed by atoms with Gasteiger partial charge in [0.15, 0.2) is 0 Å². The Kier molecular flexibility index (Phi) is 15.4. The first kappa shape index (κ1) is 33.0. The van der Waals surface area contributed by atoms with Crippen LogP contribution in [0, 0.1) is 16.7 Å². The zero-order valence-corrected chi connectivity index (χ0v) is 25.9. The number of rotatable bonds is 12. The zero-order valence-electron chi connectivity index (χ0n) is 25.9. The third-order valence-corrected chi connectivity index (χ3v) is 7.17. The number of hydrogen-bond donors (Lipinski definition) is 0. The lowest BCUT2D eigenvalue weighted by atomic mass is 9.84. The Labute approximate surface area is 226 Å². The van der Waals surface area contributed by atoms with Gasteiger partial charge in [0.2, 0.25) is 6.29 Å². The van der Waals surface area contributed by atoms with Crippen molar-refractivity contribution in [1.82, 2.24) is 0 Å². The highest BCUT2D eigenvalue weighted by molar-refractivity contribution is 5.29. The first-order valence-corrected chi connectivity index (χ1v) is 15.3. The molecule has 0 saturated heterocycles. The van der Waals surface area contributed by atoms with Gasteiger partial charge in [0.05, 0.1) is 6.10 Å². The van der Waals surface area contributed by atoms with Crippen molar-refractivity contribution >= 4 is 0 Å². The summed E-state index contributed by atoms with van der Waals surface area (Å²) in [7, 11) is 0. The molecule has 0 heterocycles. The van der Waals surface area contributed by atoms with E-state index in [0.717, 1.165) is 18.1 Å². The molecule has 0 amide bonds. The second-order valence-corrected chi connectivity index (χ2v) is 13.8. The lowest BCUT2D eigenvalue weighted by Crippen LogP contribution is -2.32. The Hall–Kier alpha value is -1.02. The molecule has 0 N–H and O–H groups in total. The molecular weight excluding hydrogens is 440 g/mol. The minimum Gasteiger partial charge on any atom is -0.465 e. The Morgan fingerprint density at radius 3 is 1.81 bits per heavy atom. The Bertz CT molecular complexity index is 658. The van der Waals surface area contributed by atoms with Crippen LogP contribution in [0.1, 0.15) is 158 Å². The maximum Gasteiger partial charge on any atom is 0.200 e. The number of ether oxygens (including phenoxy) is 2. The summed E-state index contributed by atoms with van der Waals surface area (Å²) in [4.78, 5) is 0. The van der Waals surface area contributed by atoms with Crippen molar-refractivity contribution in [2.45, 2.75) is 165 Å². The molecule has 210 valence electrons. The van der Waals surface area contributed by atoms with Crippen LogP contribution in [-0.4, -0.2) is 12.4 Å². The van der Waals surface area contributed by atoms with Gasteiger partial charge in [-0.3, -0.25) is 0 Å². The predicted octanol–water partition coefficient (Wildman–Crippen LogP) is 11.3. The first-order chi connectivity index (χ1) is 16.9. The van der Waals surface area contributed by atoms with E-state index < -0.39 is 0 Å². The van der Waals surface area contributed by atoms with Crippen LogP contribution in [0.5, 0.6) is 5.75 Å². The fourth-order valence-corrected chi connectivity index (χ4v) is 5.60. The highest BCUT2D eigenvalue weighted by Crippen LogP contribution is 2.31. The molecule has 36 heavy (non-hydrogen) atoms. The van der Waals surface area contributed by atoms with Crippen molar-refractivity contribution in [2.75, 3.05) is 0 Å². The van der Waals surface area contributed by atoms with E-state index in [1.807, 2.05) is 0 Å². The summed E-state index contributed by atoms with van der Waals surface area (Å²) in [5.74, 6) is 2.51. The smallest absolute Gasteiger partial charge is 0.200 e. The van der Waals surface area contributed by atoms with Crippen LogP contribution < -0.4 is 4.74 Å². The van der Waals surface area contributed by atoms with E-state index >= 15 is 0 Å². The quantitative estimate of drug-likeness (QED) is 0.265. The third kappa shape index (κ3) is 15.3. The average molecular weight is 503 g/mol. The maximum absolute atomic E-state index is 6.39. The second kappa shape index (κ2) is 16.7. The molecule has 0 bridgehead atoms. The van der Waals surface area contributed by atoms with Gasteiger partial charge in [0, 0.05) is 6.42 Å².